The lowest BCUT2D eigenvalue weighted by Crippen LogP contribution is -2.30. The fourth-order valence-corrected chi connectivity index (χ4v) is 9.21. The van der Waals surface area contributed by atoms with Crippen LogP contribution in [0.1, 0.15) is 342 Å². The molecule has 0 rings (SSSR count). The van der Waals surface area contributed by atoms with Crippen LogP contribution < -0.4 is 0 Å². The molecule has 0 amide bonds. The van der Waals surface area contributed by atoms with E-state index in [1.165, 1.54) is 244 Å². The molecule has 0 aliphatic carbocycles. The van der Waals surface area contributed by atoms with Crippen molar-refractivity contribution in [3.05, 3.63) is 12.2 Å². The standard InChI is InChI=1S/C61H116O6/c1-4-7-10-13-16-19-22-25-27-28-29-30-31-32-34-37-40-43-46-49-52-55-61(64)67-58(56-65-59(62)53-50-47-44-41-38-35-24-21-18-15-12-9-6-3)57-66-60(63)54-51-48-45-42-39-36-33-26-23-20-17-14-11-8-5-2/h25,27,58H,4-24,26,28-57H2,1-3H3/b27-25-/t58-/m0/s1. The maximum Gasteiger partial charge on any atom is 0.306 e. The molecule has 67 heavy (non-hydrogen) atoms. The van der Waals surface area contributed by atoms with Gasteiger partial charge in [0.2, 0.25) is 0 Å². The summed E-state index contributed by atoms with van der Waals surface area (Å²) in [5.74, 6) is -0.838. The Morgan fingerprint density at radius 1 is 0.284 bits per heavy atom. The van der Waals surface area contributed by atoms with Gasteiger partial charge in [-0.1, -0.05) is 290 Å². The molecule has 0 radical (unpaired) electrons. The first kappa shape index (κ1) is 65.1. The Labute approximate surface area is 418 Å². The minimum atomic E-state index is -0.764. The van der Waals surface area contributed by atoms with Gasteiger partial charge < -0.3 is 14.2 Å². The Morgan fingerprint density at radius 2 is 0.493 bits per heavy atom. The van der Waals surface area contributed by atoms with Gasteiger partial charge in [-0.15, -0.1) is 0 Å². The highest BCUT2D eigenvalue weighted by Crippen LogP contribution is 2.17. The van der Waals surface area contributed by atoms with Crippen molar-refractivity contribution in [1.82, 2.24) is 0 Å². The number of carbonyl (C=O) groups excluding carboxylic acids is 3. The van der Waals surface area contributed by atoms with E-state index in [0.717, 1.165) is 57.8 Å². The molecule has 396 valence electrons. The minimum absolute atomic E-state index is 0.0638. The summed E-state index contributed by atoms with van der Waals surface area (Å²) in [5.41, 5.74) is 0. The molecule has 6 heteroatoms. The number of carbonyl (C=O) groups is 3. The Balaban J connectivity index is 4.27. The summed E-state index contributed by atoms with van der Waals surface area (Å²) in [6.07, 6.45) is 64.9. The molecule has 0 saturated carbocycles. The second kappa shape index (κ2) is 56.7. The van der Waals surface area contributed by atoms with Crippen molar-refractivity contribution < 1.29 is 28.6 Å². The maximum atomic E-state index is 12.9. The van der Waals surface area contributed by atoms with Crippen LogP contribution in [0.5, 0.6) is 0 Å². The lowest BCUT2D eigenvalue weighted by atomic mass is 10.0. The van der Waals surface area contributed by atoms with Gasteiger partial charge in [-0.2, -0.15) is 0 Å². The molecule has 0 N–H and O–H groups in total. The molecule has 0 saturated heterocycles. The third-order valence-corrected chi connectivity index (χ3v) is 13.8. The molecular weight excluding hydrogens is 829 g/mol. The molecule has 0 aromatic rings. The van der Waals surface area contributed by atoms with E-state index in [1.54, 1.807) is 0 Å². The highest BCUT2D eigenvalue weighted by atomic mass is 16.6. The van der Waals surface area contributed by atoms with Gasteiger partial charge in [0.15, 0.2) is 6.10 Å². The van der Waals surface area contributed by atoms with Gasteiger partial charge in [0.05, 0.1) is 0 Å². The Morgan fingerprint density at radius 3 is 0.746 bits per heavy atom. The zero-order valence-electron chi connectivity index (χ0n) is 45.5. The fourth-order valence-electron chi connectivity index (χ4n) is 9.21. The second-order valence-corrected chi connectivity index (χ2v) is 20.6. The summed E-state index contributed by atoms with van der Waals surface area (Å²) < 4.78 is 16.9. The van der Waals surface area contributed by atoms with Crippen LogP contribution in [0, 0.1) is 0 Å². The van der Waals surface area contributed by atoms with Gasteiger partial charge in [-0.05, 0) is 44.9 Å². The molecule has 0 aliphatic rings. The van der Waals surface area contributed by atoms with Gasteiger partial charge >= 0.3 is 17.9 Å². The average molecular weight is 946 g/mol. The highest BCUT2D eigenvalue weighted by Gasteiger charge is 2.19. The lowest BCUT2D eigenvalue weighted by Gasteiger charge is -2.18. The van der Waals surface area contributed by atoms with Gasteiger partial charge in [0.1, 0.15) is 13.2 Å². The molecule has 0 heterocycles. The van der Waals surface area contributed by atoms with E-state index in [4.69, 9.17) is 14.2 Å². The number of hydrogen-bond acceptors (Lipinski definition) is 6. The van der Waals surface area contributed by atoms with Crippen LogP contribution >= 0.6 is 0 Å². The fraction of sp³-hybridized carbons (Fsp3) is 0.918. The zero-order valence-corrected chi connectivity index (χ0v) is 45.5. The topological polar surface area (TPSA) is 78.9 Å². The van der Waals surface area contributed by atoms with Crippen LogP contribution in [-0.2, 0) is 28.6 Å². The van der Waals surface area contributed by atoms with Crippen LogP contribution in [0.4, 0.5) is 0 Å². The molecule has 1 atom stereocenters. The number of rotatable bonds is 56. The van der Waals surface area contributed by atoms with Crippen LogP contribution in [0.3, 0.4) is 0 Å². The minimum Gasteiger partial charge on any atom is -0.462 e. The maximum absolute atomic E-state index is 12.9. The van der Waals surface area contributed by atoms with Crippen molar-refractivity contribution >= 4 is 17.9 Å². The summed E-state index contributed by atoms with van der Waals surface area (Å²) in [6, 6.07) is 0. The summed E-state index contributed by atoms with van der Waals surface area (Å²) in [5, 5.41) is 0. The molecule has 0 aromatic carbocycles. The second-order valence-electron chi connectivity index (χ2n) is 20.6. The van der Waals surface area contributed by atoms with Gasteiger partial charge in [-0.25, -0.2) is 0 Å². The number of esters is 3. The first-order chi connectivity index (χ1) is 33.0. The number of unbranched alkanes of at least 4 members (excludes halogenated alkanes) is 43. The van der Waals surface area contributed by atoms with Crippen LogP contribution in [-0.4, -0.2) is 37.2 Å². The molecule has 0 unspecified atom stereocenters. The van der Waals surface area contributed by atoms with Crippen LogP contribution in [0.15, 0.2) is 12.2 Å². The summed E-state index contributed by atoms with van der Waals surface area (Å²) >= 11 is 0. The van der Waals surface area contributed by atoms with Gasteiger partial charge in [0, 0.05) is 19.3 Å². The first-order valence-corrected chi connectivity index (χ1v) is 30.2. The molecule has 0 fully saturated rings. The van der Waals surface area contributed by atoms with E-state index in [2.05, 4.69) is 32.9 Å². The van der Waals surface area contributed by atoms with Gasteiger partial charge in [0.25, 0.3) is 0 Å². The number of ether oxygens (including phenoxy) is 3. The van der Waals surface area contributed by atoms with Crippen molar-refractivity contribution in [2.24, 2.45) is 0 Å². The van der Waals surface area contributed by atoms with E-state index < -0.39 is 6.10 Å². The Bertz CT molecular complexity index is 1040. The van der Waals surface area contributed by atoms with E-state index in [-0.39, 0.29) is 31.1 Å². The molecule has 0 aromatic heterocycles. The highest BCUT2D eigenvalue weighted by molar-refractivity contribution is 5.71. The molecule has 6 nitrogen and oxygen atoms in total. The summed E-state index contributed by atoms with van der Waals surface area (Å²) in [4.78, 5) is 38.2. The lowest BCUT2D eigenvalue weighted by molar-refractivity contribution is -0.167. The van der Waals surface area contributed by atoms with Crippen molar-refractivity contribution in [1.29, 1.82) is 0 Å². The summed E-state index contributed by atoms with van der Waals surface area (Å²) in [7, 11) is 0. The molecular formula is C61H116O6. The quantitative estimate of drug-likeness (QED) is 0.0262. The third-order valence-electron chi connectivity index (χ3n) is 13.8. The van der Waals surface area contributed by atoms with Crippen molar-refractivity contribution in [2.45, 2.75) is 348 Å². The van der Waals surface area contributed by atoms with E-state index in [9.17, 15) is 14.4 Å². The van der Waals surface area contributed by atoms with E-state index >= 15 is 0 Å². The monoisotopic (exact) mass is 945 g/mol. The predicted molar refractivity (Wildman–Crippen MR) is 289 cm³/mol. The largest absolute Gasteiger partial charge is 0.462 e. The molecule has 0 bridgehead atoms. The van der Waals surface area contributed by atoms with E-state index in [0.29, 0.717) is 19.3 Å². The van der Waals surface area contributed by atoms with Crippen LogP contribution in [0.25, 0.3) is 0 Å². The third kappa shape index (κ3) is 55.0. The predicted octanol–water partition coefficient (Wildman–Crippen LogP) is 20.1. The molecule has 0 spiro atoms. The SMILES string of the molecule is CCCCCCCC/C=C\CCCCCCCCCCCCCC(=O)O[C@@H](COC(=O)CCCCCCCCCCCCCCC)COC(=O)CCCCCCCCCCCCCCCCC. The normalized spacial score (nSPS) is 12.0. The Kier molecular flexibility index (Phi) is 55.2. The van der Waals surface area contributed by atoms with Crippen molar-refractivity contribution in [3.8, 4) is 0 Å². The molecule has 0 aliphatic heterocycles. The smallest absolute Gasteiger partial charge is 0.306 e. The van der Waals surface area contributed by atoms with E-state index in [1.807, 2.05) is 0 Å². The summed E-state index contributed by atoms with van der Waals surface area (Å²) in [6.45, 7) is 6.70. The average Bonchev–Trinajstić information content (AvgIpc) is 3.33. The number of allylic oxidation sites excluding steroid dienone is 2. The first-order valence-electron chi connectivity index (χ1n) is 30.2. The van der Waals surface area contributed by atoms with Gasteiger partial charge in [-0.3, -0.25) is 14.4 Å². The number of hydrogen-bond donors (Lipinski definition) is 0. The Hall–Kier alpha value is -1.85. The van der Waals surface area contributed by atoms with Crippen molar-refractivity contribution in [2.75, 3.05) is 13.2 Å². The van der Waals surface area contributed by atoms with Crippen molar-refractivity contribution in [3.63, 3.8) is 0 Å². The zero-order chi connectivity index (χ0) is 48.6. The van der Waals surface area contributed by atoms with Crippen LogP contribution in [0.2, 0.25) is 0 Å².